The smallest absolute Gasteiger partial charge is 0.342 e. The van der Waals surface area contributed by atoms with E-state index >= 15 is 0 Å². The van der Waals surface area contributed by atoms with Gasteiger partial charge in [0.05, 0.1) is 11.8 Å². The number of hydrogen-bond donors (Lipinski definition) is 0. The van der Waals surface area contributed by atoms with Crippen LogP contribution in [0.1, 0.15) is 30.1 Å². The molecular weight excluding hydrogens is 303 g/mol. The molecule has 1 aromatic carbocycles. The highest BCUT2D eigenvalue weighted by molar-refractivity contribution is 14.1. The van der Waals surface area contributed by atoms with Gasteiger partial charge in [-0.2, -0.15) is 0 Å². The van der Waals surface area contributed by atoms with Gasteiger partial charge in [0.15, 0.2) is 0 Å². The number of carbonyl (C=O) groups is 1. The van der Waals surface area contributed by atoms with E-state index < -0.39 is 0 Å². The van der Waals surface area contributed by atoms with Gasteiger partial charge in [-0.1, -0.05) is 13.3 Å². The van der Waals surface area contributed by atoms with Gasteiger partial charge in [0.2, 0.25) is 0 Å². The fourth-order valence-corrected chi connectivity index (χ4v) is 1.36. The zero-order chi connectivity index (χ0) is 11.1. The van der Waals surface area contributed by atoms with Crippen molar-refractivity contribution in [2.45, 2.75) is 19.8 Å². The first-order valence-corrected chi connectivity index (χ1v) is 5.93. The summed E-state index contributed by atoms with van der Waals surface area (Å²) >= 11 is 2.19. The van der Waals surface area contributed by atoms with Crippen LogP contribution < -0.4 is 0 Å². The number of unbranched alkanes of at least 4 members (excludes halogenated alkanes) is 1. The minimum atomic E-state index is -0.307. The molecule has 0 unspecified atom stereocenters. The lowest BCUT2D eigenvalue weighted by molar-refractivity contribution is 0.0662. The lowest BCUT2D eigenvalue weighted by Crippen LogP contribution is -1.99. The molecule has 2 nitrogen and oxygen atoms in total. The molecular formula is C12H13IO2. The van der Waals surface area contributed by atoms with E-state index in [0.29, 0.717) is 5.56 Å². The summed E-state index contributed by atoms with van der Waals surface area (Å²) in [6.45, 7) is 2.07. The van der Waals surface area contributed by atoms with E-state index in [1.54, 1.807) is 12.1 Å². The van der Waals surface area contributed by atoms with E-state index in [-0.39, 0.29) is 5.97 Å². The molecule has 3 heteroatoms. The fraction of sp³-hybridized carbons (Fsp3) is 0.250. The first kappa shape index (κ1) is 12.2. The van der Waals surface area contributed by atoms with E-state index in [2.05, 4.69) is 29.5 Å². The highest BCUT2D eigenvalue weighted by Crippen LogP contribution is 2.08. The maximum Gasteiger partial charge on any atom is 0.342 e. The number of benzene rings is 1. The quantitative estimate of drug-likeness (QED) is 0.480. The van der Waals surface area contributed by atoms with Crippen LogP contribution >= 0.6 is 22.6 Å². The molecule has 0 fully saturated rings. The second-order valence-electron chi connectivity index (χ2n) is 3.07. The zero-order valence-corrected chi connectivity index (χ0v) is 10.7. The average Bonchev–Trinajstić information content (AvgIpc) is 2.25. The standard InChI is InChI=1S/C12H13IO2/c1-2-3-4-9-15-12(14)10-5-7-11(13)8-6-10/h4-9H,2-3H2,1H3. The Kier molecular flexibility index (Phi) is 5.39. The van der Waals surface area contributed by atoms with Gasteiger partial charge in [-0.25, -0.2) is 4.79 Å². The Morgan fingerprint density at radius 3 is 2.67 bits per heavy atom. The van der Waals surface area contributed by atoms with Crippen molar-refractivity contribution < 1.29 is 9.53 Å². The molecule has 0 atom stereocenters. The largest absolute Gasteiger partial charge is 0.431 e. The normalized spacial score (nSPS) is 10.5. The second kappa shape index (κ2) is 6.61. The van der Waals surface area contributed by atoms with Gasteiger partial charge in [0.25, 0.3) is 0 Å². The van der Waals surface area contributed by atoms with Crippen LogP contribution in [0.2, 0.25) is 0 Å². The monoisotopic (exact) mass is 316 g/mol. The van der Waals surface area contributed by atoms with Crippen molar-refractivity contribution in [1.29, 1.82) is 0 Å². The number of rotatable bonds is 4. The summed E-state index contributed by atoms with van der Waals surface area (Å²) in [6.07, 6.45) is 5.30. The van der Waals surface area contributed by atoms with Crippen molar-refractivity contribution in [3.05, 3.63) is 45.7 Å². The molecule has 0 aromatic heterocycles. The summed E-state index contributed by atoms with van der Waals surface area (Å²) in [4.78, 5) is 11.4. The van der Waals surface area contributed by atoms with E-state index in [1.165, 1.54) is 6.26 Å². The van der Waals surface area contributed by atoms with Crippen molar-refractivity contribution in [2.24, 2.45) is 0 Å². The van der Waals surface area contributed by atoms with Crippen molar-refractivity contribution in [1.82, 2.24) is 0 Å². The molecule has 0 aliphatic carbocycles. The molecule has 0 bridgehead atoms. The van der Waals surface area contributed by atoms with Crippen LogP contribution in [0, 0.1) is 3.57 Å². The molecule has 0 spiro atoms. The molecule has 0 saturated carbocycles. The molecule has 1 aromatic rings. The first-order chi connectivity index (χ1) is 7.24. The topological polar surface area (TPSA) is 26.3 Å². The van der Waals surface area contributed by atoms with Gasteiger partial charge in [-0.3, -0.25) is 0 Å². The Balaban J connectivity index is 2.50. The summed E-state index contributed by atoms with van der Waals surface area (Å²) in [5, 5.41) is 0. The van der Waals surface area contributed by atoms with Gasteiger partial charge < -0.3 is 4.74 Å². The minimum Gasteiger partial charge on any atom is -0.431 e. The number of ether oxygens (including phenoxy) is 1. The van der Waals surface area contributed by atoms with Crippen molar-refractivity contribution in [3.63, 3.8) is 0 Å². The number of esters is 1. The van der Waals surface area contributed by atoms with Crippen LogP contribution in [0.5, 0.6) is 0 Å². The predicted octanol–water partition coefficient (Wildman–Crippen LogP) is 3.76. The zero-order valence-electron chi connectivity index (χ0n) is 8.57. The predicted molar refractivity (Wildman–Crippen MR) is 68.6 cm³/mol. The SMILES string of the molecule is CCCC=COC(=O)c1ccc(I)cc1. The maximum absolute atomic E-state index is 11.4. The van der Waals surface area contributed by atoms with Crippen LogP contribution in [0.4, 0.5) is 0 Å². The maximum atomic E-state index is 11.4. The van der Waals surface area contributed by atoms with Gasteiger partial charge in [-0.05, 0) is 59.4 Å². The lowest BCUT2D eigenvalue weighted by Gasteiger charge is -1.98. The molecule has 0 aliphatic heterocycles. The lowest BCUT2D eigenvalue weighted by atomic mass is 10.2. The summed E-state index contributed by atoms with van der Waals surface area (Å²) in [5.41, 5.74) is 0.580. The van der Waals surface area contributed by atoms with Crippen molar-refractivity contribution >= 4 is 28.6 Å². The molecule has 0 amide bonds. The number of halogens is 1. The third-order valence-electron chi connectivity index (χ3n) is 1.81. The molecule has 0 saturated heterocycles. The first-order valence-electron chi connectivity index (χ1n) is 4.85. The highest BCUT2D eigenvalue weighted by atomic mass is 127. The van der Waals surface area contributed by atoms with Crippen LogP contribution in [0.25, 0.3) is 0 Å². The Labute approximate surface area is 103 Å². The summed E-state index contributed by atoms with van der Waals surface area (Å²) in [6, 6.07) is 7.29. The van der Waals surface area contributed by atoms with Crippen LogP contribution in [-0.4, -0.2) is 5.97 Å². The summed E-state index contributed by atoms with van der Waals surface area (Å²) < 4.78 is 6.05. The van der Waals surface area contributed by atoms with E-state index in [1.807, 2.05) is 18.2 Å². The van der Waals surface area contributed by atoms with Crippen LogP contribution in [0.3, 0.4) is 0 Å². The fourth-order valence-electron chi connectivity index (χ4n) is 0.999. The molecule has 0 radical (unpaired) electrons. The van der Waals surface area contributed by atoms with Gasteiger partial charge in [-0.15, -0.1) is 0 Å². The molecule has 0 heterocycles. The third-order valence-corrected chi connectivity index (χ3v) is 2.53. The number of allylic oxidation sites excluding steroid dienone is 1. The second-order valence-corrected chi connectivity index (χ2v) is 4.32. The molecule has 80 valence electrons. The Morgan fingerprint density at radius 1 is 1.40 bits per heavy atom. The molecule has 0 aliphatic rings. The van der Waals surface area contributed by atoms with Gasteiger partial charge in [0.1, 0.15) is 0 Å². The molecule has 1 rings (SSSR count). The third kappa shape index (κ3) is 4.46. The highest BCUT2D eigenvalue weighted by Gasteiger charge is 2.03. The van der Waals surface area contributed by atoms with Crippen molar-refractivity contribution in [3.8, 4) is 0 Å². The molecule has 0 N–H and O–H groups in total. The summed E-state index contributed by atoms with van der Waals surface area (Å²) in [5.74, 6) is -0.307. The van der Waals surface area contributed by atoms with Gasteiger partial charge in [0, 0.05) is 3.57 Å². The van der Waals surface area contributed by atoms with Crippen LogP contribution in [-0.2, 0) is 4.74 Å². The minimum absolute atomic E-state index is 0.307. The Hall–Kier alpha value is -0.840. The van der Waals surface area contributed by atoms with E-state index in [4.69, 9.17) is 4.74 Å². The van der Waals surface area contributed by atoms with Crippen molar-refractivity contribution in [2.75, 3.05) is 0 Å². The number of hydrogen-bond acceptors (Lipinski definition) is 2. The molecule has 15 heavy (non-hydrogen) atoms. The Morgan fingerprint density at radius 2 is 2.07 bits per heavy atom. The Bertz CT molecular complexity index is 341. The average molecular weight is 316 g/mol. The van der Waals surface area contributed by atoms with Crippen LogP contribution in [0.15, 0.2) is 36.6 Å². The number of carbonyl (C=O) groups excluding carboxylic acids is 1. The van der Waals surface area contributed by atoms with E-state index in [0.717, 1.165) is 16.4 Å². The summed E-state index contributed by atoms with van der Waals surface area (Å²) in [7, 11) is 0. The van der Waals surface area contributed by atoms with E-state index in [9.17, 15) is 4.79 Å². The van der Waals surface area contributed by atoms with Gasteiger partial charge >= 0.3 is 5.97 Å².